The topological polar surface area (TPSA) is 34.1 Å². The zero-order valence-electron chi connectivity index (χ0n) is 11.6. The van der Waals surface area contributed by atoms with Gasteiger partial charge in [-0.25, -0.2) is 4.98 Å². The molecule has 1 fully saturated rings. The van der Waals surface area contributed by atoms with Crippen LogP contribution in [0.25, 0.3) is 0 Å². The summed E-state index contributed by atoms with van der Waals surface area (Å²) in [4.78, 5) is 5.59. The van der Waals surface area contributed by atoms with E-state index in [1.165, 1.54) is 11.3 Å². The lowest BCUT2D eigenvalue weighted by Gasteiger charge is -2.07. The highest BCUT2D eigenvalue weighted by Gasteiger charge is 2.30. The van der Waals surface area contributed by atoms with E-state index < -0.39 is 12.8 Å². The van der Waals surface area contributed by atoms with Crippen molar-refractivity contribution in [3.05, 3.63) is 15.6 Å². The second-order valence-corrected chi connectivity index (χ2v) is 6.50. The van der Waals surface area contributed by atoms with Crippen molar-refractivity contribution in [3.63, 3.8) is 0 Å². The van der Waals surface area contributed by atoms with Crippen LogP contribution in [-0.2, 0) is 17.9 Å². The summed E-state index contributed by atoms with van der Waals surface area (Å²) in [5, 5.41) is 3.96. The second-order valence-electron chi connectivity index (χ2n) is 5.33. The van der Waals surface area contributed by atoms with Crippen LogP contribution in [0.3, 0.4) is 0 Å². The van der Waals surface area contributed by atoms with E-state index in [0.29, 0.717) is 17.0 Å². The highest BCUT2D eigenvalue weighted by atomic mass is 32.1. The van der Waals surface area contributed by atoms with Crippen LogP contribution in [0.4, 0.5) is 13.2 Å². The summed E-state index contributed by atoms with van der Waals surface area (Å²) in [5.74, 6) is 0.492. The number of hydrogen-bond acceptors (Lipinski definition) is 4. The van der Waals surface area contributed by atoms with Gasteiger partial charge in [-0.1, -0.05) is 13.8 Å². The standard InChI is InChI=1S/C13H19F3N2OS/c1-8(2)17-5-10-12(9-3-4-9)18-11(20-10)6-19-7-13(14,15)16/h8-9,17H,3-7H2,1-2H3. The predicted octanol–water partition coefficient (Wildman–Crippen LogP) is 3.60. The van der Waals surface area contributed by atoms with Crippen molar-refractivity contribution < 1.29 is 17.9 Å². The fourth-order valence-electron chi connectivity index (χ4n) is 1.83. The molecule has 0 aromatic carbocycles. The number of nitrogens with zero attached hydrogens (tertiary/aromatic N) is 1. The summed E-state index contributed by atoms with van der Waals surface area (Å²) in [7, 11) is 0. The Hall–Kier alpha value is -0.660. The van der Waals surface area contributed by atoms with Gasteiger partial charge in [0.1, 0.15) is 11.6 Å². The van der Waals surface area contributed by atoms with E-state index in [2.05, 4.69) is 28.9 Å². The number of halogens is 3. The van der Waals surface area contributed by atoms with Crippen LogP contribution in [0.1, 0.15) is 48.2 Å². The van der Waals surface area contributed by atoms with Crippen molar-refractivity contribution in [2.75, 3.05) is 6.61 Å². The first-order valence-electron chi connectivity index (χ1n) is 6.71. The zero-order chi connectivity index (χ0) is 14.8. The minimum atomic E-state index is -4.28. The van der Waals surface area contributed by atoms with Crippen molar-refractivity contribution in [1.82, 2.24) is 10.3 Å². The highest BCUT2D eigenvalue weighted by Crippen LogP contribution is 2.42. The molecule has 114 valence electrons. The Morgan fingerprint density at radius 3 is 2.65 bits per heavy atom. The van der Waals surface area contributed by atoms with Crippen LogP contribution < -0.4 is 5.32 Å². The second kappa shape index (κ2) is 6.41. The summed E-state index contributed by atoms with van der Waals surface area (Å²) in [6.07, 6.45) is -2.03. The molecule has 1 aliphatic rings. The summed E-state index contributed by atoms with van der Waals surface area (Å²) < 4.78 is 40.8. The van der Waals surface area contributed by atoms with E-state index in [9.17, 15) is 13.2 Å². The average Bonchev–Trinajstić information content (AvgIpc) is 3.07. The molecule has 7 heteroatoms. The molecule has 0 spiro atoms. The molecule has 0 aliphatic heterocycles. The molecule has 0 bridgehead atoms. The molecule has 1 aliphatic carbocycles. The zero-order valence-corrected chi connectivity index (χ0v) is 12.4. The van der Waals surface area contributed by atoms with Gasteiger partial charge >= 0.3 is 6.18 Å². The first-order chi connectivity index (χ1) is 9.35. The van der Waals surface area contributed by atoms with Gasteiger partial charge in [0.15, 0.2) is 0 Å². The van der Waals surface area contributed by atoms with Gasteiger partial charge in [0.25, 0.3) is 0 Å². The molecule has 1 heterocycles. The van der Waals surface area contributed by atoms with E-state index >= 15 is 0 Å². The fraction of sp³-hybridized carbons (Fsp3) is 0.769. The molecule has 0 saturated heterocycles. The summed E-state index contributed by atoms with van der Waals surface area (Å²) in [5.41, 5.74) is 1.05. The van der Waals surface area contributed by atoms with Gasteiger partial charge in [-0.2, -0.15) is 13.2 Å². The number of thiazole rings is 1. The van der Waals surface area contributed by atoms with Crippen LogP contribution in [0.2, 0.25) is 0 Å². The molecule has 1 N–H and O–H groups in total. The van der Waals surface area contributed by atoms with Gasteiger partial charge in [-0.3, -0.25) is 0 Å². The number of ether oxygens (including phenoxy) is 1. The van der Waals surface area contributed by atoms with Crippen molar-refractivity contribution in [3.8, 4) is 0 Å². The number of nitrogens with one attached hydrogen (secondary N) is 1. The maximum atomic E-state index is 12.0. The molecular formula is C13H19F3N2OS. The van der Waals surface area contributed by atoms with Gasteiger partial charge in [-0.15, -0.1) is 11.3 Å². The molecule has 2 rings (SSSR count). The van der Waals surface area contributed by atoms with E-state index in [1.807, 2.05) is 0 Å². The fourth-order valence-corrected chi connectivity index (χ4v) is 2.87. The molecule has 1 aromatic heterocycles. The van der Waals surface area contributed by atoms with E-state index in [0.717, 1.165) is 30.0 Å². The van der Waals surface area contributed by atoms with Gasteiger partial charge in [0.05, 0.1) is 12.3 Å². The minimum Gasteiger partial charge on any atom is -0.365 e. The molecule has 0 radical (unpaired) electrons. The monoisotopic (exact) mass is 308 g/mol. The van der Waals surface area contributed by atoms with Gasteiger partial charge in [0.2, 0.25) is 0 Å². The van der Waals surface area contributed by atoms with Gasteiger partial charge < -0.3 is 10.1 Å². The first kappa shape index (κ1) is 15.7. The van der Waals surface area contributed by atoms with E-state index in [1.54, 1.807) is 0 Å². The Labute approximate surface area is 120 Å². The van der Waals surface area contributed by atoms with Crippen LogP contribution in [-0.4, -0.2) is 23.8 Å². The number of aromatic nitrogens is 1. The van der Waals surface area contributed by atoms with Crippen LogP contribution in [0.5, 0.6) is 0 Å². The molecule has 3 nitrogen and oxygen atoms in total. The van der Waals surface area contributed by atoms with Gasteiger partial charge in [-0.05, 0) is 12.8 Å². The SMILES string of the molecule is CC(C)NCc1sc(COCC(F)(F)F)nc1C1CC1. The first-order valence-corrected chi connectivity index (χ1v) is 7.53. The average molecular weight is 308 g/mol. The summed E-state index contributed by atoms with van der Waals surface area (Å²) in [6, 6.07) is 0.370. The van der Waals surface area contributed by atoms with Crippen LogP contribution >= 0.6 is 11.3 Å². The Balaban J connectivity index is 1.94. The third kappa shape index (κ3) is 5.03. The molecule has 1 saturated carbocycles. The Bertz CT molecular complexity index is 441. The largest absolute Gasteiger partial charge is 0.411 e. The third-order valence-corrected chi connectivity index (χ3v) is 3.94. The van der Waals surface area contributed by atoms with Crippen molar-refractivity contribution >= 4 is 11.3 Å². The van der Waals surface area contributed by atoms with Crippen LogP contribution in [0.15, 0.2) is 0 Å². The molecule has 1 aromatic rings. The van der Waals surface area contributed by atoms with E-state index in [4.69, 9.17) is 0 Å². The van der Waals surface area contributed by atoms with Crippen molar-refractivity contribution in [1.29, 1.82) is 0 Å². The molecule has 0 atom stereocenters. The number of hydrogen-bond donors (Lipinski definition) is 1. The Morgan fingerprint density at radius 2 is 2.10 bits per heavy atom. The minimum absolute atomic E-state index is 0.0639. The smallest absolute Gasteiger partial charge is 0.365 e. The molecule has 0 unspecified atom stereocenters. The summed E-state index contributed by atoms with van der Waals surface area (Å²) >= 11 is 1.45. The van der Waals surface area contributed by atoms with E-state index in [-0.39, 0.29) is 6.61 Å². The van der Waals surface area contributed by atoms with Crippen molar-refractivity contribution in [2.24, 2.45) is 0 Å². The van der Waals surface area contributed by atoms with Crippen LogP contribution in [0, 0.1) is 0 Å². The Morgan fingerprint density at radius 1 is 1.40 bits per heavy atom. The normalized spacial score (nSPS) is 16.1. The molecule has 20 heavy (non-hydrogen) atoms. The number of alkyl halides is 3. The molecular weight excluding hydrogens is 289 g/mol. The summed E-state index contributed by atoms with van der Waals surface area (Å²) in [6.45, 7) is 3.56. The van der Waals surface area contributed by atoms with Crippen molar-refractivity contribution in [2.45, 2.75) is 58.0 Å². The highest BCUT2D eigenvalue weighted by molar-refractivity contribution is 7.11. The maximum absolute atomic E-state index is 12.0. The lowest BCUT2D eigenvalue weighted by atomic mass is 10.2. The lowest BCUT2D eigenvalue weighted by Crippen LogP contribution is -2.21. The quantitative estimate of drug-likeness (QED) is 0.836. The third-order valence-electron chi connectivity index (χ3n) is 2.90. The molecule has 0 amide bonds. The van der Waals surface area contributed by atoms with Gasteiger partial charge in [0, 0.05) is 23.4 Å². The lowest BCUT2D eigenvalue weighted by molar-refractivity contribution is -0.176. The Kier molecular flexibility index (Phi) is 5.04. The number of rotatable bonds is 7. The maximum Gasteiger partial charge on any atom is 0.411 e. The predicted molar refractivity (Wildman–Crippen MR) is 71.8 cm³/mol.